The molecule has 13 heteroatoms. The number of hydrogen-bond acceptors (Lipinski definition) is 9. The Balaban J connectivity index is 1.44. The number of benzene rings is 2. The number of aliphatic hydroxyl groups excluding tert-OH is 1. The average Bonchev–Trinajstić information content (AvgIpc) is 3.51. The Morgan fingerprint density at radius 1 is 1.00 bits per heavy atom. The Labute approximate surface area is 321 Å². The van der Waals surface area contributed by atoms with Crippen molar-refractivity contribution in [2.45, 2.75) is 71.4 Å². The van der Waals surface area contributed by atoms with Gasteiger partial charge < -0.3 is 29.5 Å². The molecule has 53 heavy (non-hydrogen) atoms. The van der Waals surface area contributed by atoms with E-state index in [1.54, 1.807) is 25.1 Å². The van der Waals surface area contributed by atoms with E-state index in [2.05, 4.69) is 10.3 Å². The van der Waals surface area contributed by atoms with Gasteiger partial charge in [-0.1, -0.05) is 53.5 Å². The fourth-order valence-corrected chi connectivity index (χ4v) is 7.00. The monoisotopic (exact) mass is 763 g/mol. The van der Waals surface area contributed by atoms with Gasteiger partial charge in [-0.3, -0.25) is 14.7 Å². The standard InChI is InChI=1S/C40H47Cl2N5O6/c1-24(48)20-46(5)21-26-12-11-25(19-33(26)51-6)37-36(42)30(17-18-43-37)29-9-8-10-31(35(29)41)32-15-13-27(38(45-32)52-7)22-47(39(50)53-40(2,3)4)23-28-14-16-34(49)44-28/h8-13,15,17-19,24,28,48H,14,16,20-23H2,1-7H3,(H,44,49)/t24-,28-/m0/s1. The van der Waals surface area contributed by atoms with E-state index in [0.717, 1.165) is 11.1 Å². The van der Waals surface area contributed by atoms with Gasteiger partial charge in [0.2, 0.25) is 11.8 Å². The summed E-state index contributed by atoms with van der Waals surface area (Å²) in [5.74, 6) is 0.979. The van der Waals surface area contributed by atoms with Gasteiger partial charge in [0.05, 0.1) is 48.3 Å². The van der Waals surface area contributed by atoms with Gasteiger partial charge in [0, 0.05) is 71.7 Å². The summed E-state index contributed by atoms with van der Waals surface area (Å²) < 4.78 is 17.1. The number of rotatable bonds is 13. The van der Waals surface area contributed by atoms with E-state index >= 15 is 0 Å². The van der Waals surface area contributed by atoms with Crippen molar-refractivity contribution < 1.29 is 28.9 Å². The third-order valence-electron chi connectivity index (χ3n) is 8.70. The van der Waals surface area contributed by atoms with Gasteiger partial charge in [0.25, 0.3) is 0 Å². The van der Waals surface area contributed by atoms with Crippen LogP contribution < -0.4 is 14.8 Å². The van der Waals surface area contributed by atoms with Gasteiger partial charge in [-0.15, -0.1) is 0 Å². The van der Waals surface area contributed by atoms with Crippen molar-refractivity contribution in [1.29, 1.82) is 0 Å². The molecular weight excluding hydrogens is 717 g/mol. The number of nitrogens with one attached hydrogen (secondary N) is 1. The lowest BCUT2D eigenvalue weighted by molar-refractivity contribution is -0.119. The van der Waals surface area contributed by atoms with Gasteiger partial charge in [0.15, 0.2) is 0 Å². The van der Waals surface area contributed by atoms with Gasteiger partial charge in [-0.2, -0.15) is 0 Å². The number of aliphatic hydroxyl groups is 1. The minimum absolute atomic E-state index is 0.0331. The highest BCUT2D eigenvalue weighted by atomic mass is 35.5. The fourth-order valence-electron chi connectivity index (χ4n) is 6.35. The van der Waals surface area contributed by atoms with Crippen LogP contribution in [0, 0.1) is 0 Å². The molecule has 282 valence electrons. The summed E-state index contributed by atoms with van der Waals surface area (Å²) in [7, 11) is 5.09. The number of pyridine rings is 2. The van der Waals surface area contributed by atoms with E-state index in [-0.39, 0.29) is 25.0 Å². The van der Waals surface area contributed by atoms with Crippen molar-refractivity contribution in [2.24, 2.45) is 0 Å². The zero-order chi connectivity index (χ0) is 38.4. The maximum atomic E-state index is 13.3. The van der Waals surface area contributed by atoms with E-state index in [0.29, 0.717) is 81.2 Å². The molecule has 2 aromatic carbocycles. The smallest absolute Gasteiger partial charge is 0.410 e. The number of aromatic nitrogens is 2. The van der Waals surface area contributed by atoms with Crippen LogP contribution in [0.5, 0.6) is 11.6 Å². The second-order valence-electron chi connectivity index (χ2n) is 14.3. The molecule has 4 aromatic rings. The first-order chi connectivity index (χ1) is 25.2. The molecule has 3 heterocycles. The molecule has 2 aromatic heterocycles. The first-order valence-electron chi connectivity index (χ1n) is 17.5. The normalized spacial score (nSPS) is 14.9. The second kappa shape index (κ2) is 17.2. The molecule has 2 amide bonds. The van der Waals surface area contributed by atoms with Crippen LogP contribution in [0.4, 0.5) is 4.79 Å². The molecular formula is C40H47Cl2N5O6. The van der Waals surface area contributed by atoms with Crippen molar-refractivity contribution in [3.05, 3.63) is 82.0 Å². The molecule has 0 saturated carbocycles. The van der Waals surface area contributed by atoms with Crippen LogP contribution in [0.15, 0.2) is 60.8 Å². The van der Waals surface area contributed by atoms with Crippen LogP contribution in [0.25, 0.3) is 33.6 Å². The van der Waals surface area contributed by atoms with Crippen LogP contribution in [0.1, 0.15) is 51.7 Å². The van der Waals surface area contributed by atoms with Crippen molar-refractivity contribution in [3.63, 3.8) is 0 Å². The Kier molecular flexibility index (Phi) is 12.9. The van der Waals surface area contributed by atoms with E-state index < -0.39 is 17.8 Å². The number of amides is 2. The van der Waals surface area contributed by atoms with Crippen molar-refractivity contribution >= 4 is 35.2 Å². The summed E-state index contributed by atoms with van der Waals surface area (Å²) in [6.45, 7) is 8.76. The largest absolute Gasteiger partial charge is 0.496 e. The molecule has 1 saturated heterocycles. The molecule has 0 spiro atoms. The van der Waals surface area contributed by atoms with Crippen molar-refractivity contribution in [3.8, 4) is 45.3 Å². The lowest BCUT2D eigenvalue weighted by Gasteiger charge is -2.29. The number of carbonyl (C=O) groups is 2. The molecule has 5 rings (SSSR count). The maximum absolute atomic E-state index is 13.3. The Hall–Kier alpha value is -4.42. The zero-order valence-corrected chi connectivity index (χ0v) is 32.7. The van der Waals surface area contributed by atoms with Crippen molar-refractivity contribution in [2.75, 3.05) is 34.4 Å². The second-order valence-corrected chi connectivity index (χ2v) is 15.0. The van der Waals surface area contributed by atoms with E-state index in [9.17, 15) is 14.7 Å². The molecule has 0 unspecified atom stereocenters. The lowest BCUT2D eigenvalue weighted by atomic mass is 9.99. The number of nitrogens with zero attached hydrogens (tertiary/aromatic N) is 4. The average molecular weight is 765 g/mol. The molecule has 0 bridgehead atoms. The molecule has 0 aliphatic carbocycles. The predicted octanol–water partition coefficient (Wildman–Crippen LogP) is 7.63. The summed E-state index contributed by atoms with van der Waals surface area (Å²) in [6.07, 6.45) is 1.81. The molecule has 11 nitrogen and oxygen atoms in total. The highest BCUT2D eigenvalue weighted by Gasteiger charge is 2.29. The minimum atomic E-state index is -0.699. The van der Waals surface area contributed by atoms with Crippen LogP contribution in [-0.4, -0.2) is 89.0 Å². The summed E-state index contributed by atoms with van der Waals surface area (Å²) in [5.41, 5.74) is 4.90. The first-order valence-corrected chi connectivity index (χ1v) is 18.2. The zero-order valence-electron chi connectivity index (χ0n) is 31.2. The molecule has 1 aliphatic heterocycles. The molecule has 2 N–H and O–H groups in total. The first kappa shape index (κ1) is 39.8. The number of hydrogen-bond donors (Lipinski definition) is 2. The summed E-state index contributed by atoms with van der Waals surface area (Å²) in [6, 6.07) is 16.8. The lowest BCUT2D eigenvalue weighted by Crippen LogP contribution is -2.43. The van der Waals surface area contributed by atoms with E-state index in [1.807, 2.05) is 87.3 Å². The van der Waals surface area contributed by atoms with Gasteiger partial charge in [-0.25, -0.2) is 9.78 Å². The van der Waals surface area contributed by atoms with Gasteiger partial charge in [0.1, 0.15) is 11.4 Å². The predicted molar refractivity (Wildman–Crippen MR) is 207 cm³/mol. The van der Waals surface area contributed by atoms with Gasteiger partial charge >= 0.3 is 6.09 Å². The third-order valence-corrected chi connectivity index (χ3v) is 9.49. The number of carbonyl (C=O) groups excluding carboxylic acids is 2. The number of likely N-dealkylation sites (N-methyl/N-ethyl adjacent to an activating group) is 1. The van der Waals surface area contributed by atoms with Crippen LogP contribution in [-0.2, 0) is 22.6 Å². The number of halogens is 2. The SMILES string of the molecule is COc1cc(-c2nccc(-c3cccc(-c4ccc(CN(C[C@@H]5CCC(=O)N5)C(=O)OC(C)(C)C)c(OC)n4)c3Cl)c2Cl)ccc1CN(C)C[C@H](C)O. The summed E-state index contributed by atoms with van der Waals surface area (Å²) >= 11 is 14.2. The van der Waals surface area contributed by atoms with E-state index in [4.69, 9.17) is 42.4 Å². The topological polar surface area (TPSA) is 126 Å². The molecule has 2 atom stereocenters. The Morgan fingerprint density at radius 3 is 2.38 bits per heavy atom. The molecule has 1 fully saturated rings. The summed E-state index contributed by atoms with van der Waals surface area (Å²) in [4.78, 5) is 38.2. The maximum Gasteiger partial charge on any atom is 0.410 e. The number of methoxy groups -OCH3 is 2. The van der Waals surface area contributed by atoms with Crippen molar-refractivity contribution in [1.82, 2.24) is 25.1 Å². The quantitative estimate of drug-likeness (QED) is 0.141. The fraction of sp³-hybridized carbons (Fsp3) is 0.400. The minimum Gasteiger partial charge on any atom is -0.496 e. The van der Waals surface area contributed by atoms with Gasteiger partial charge in [-0.05, 0) is 65.4 Å². The molecule has 1 aliphatic rings. The third kappa shape index (κ3) is 9.97. The number of ether oxygens (including phenoxy) is 3. The Morgan fingerprint density at radius 2 is 1.72 bits per heavy atom. The van der Waals surface area contributed by atoms with E-state index in [1.165, 1.54) is 7.11 Å². The van der Waals surface area contributed by atoms with Crippen LogP contribution in [0.3, 0.4) is 0 Å². The Bertz CT molecular complexity index is 1950. The highest BCUT2D eigenvalue weighted by Crippen LogP contribution is 2.42. The highest BCUT2D eigenvalue weighted by molar-refractivity contribution is 6.39. The van der Waals surface area contributed by atoms with Crippen LogP contribution >= 0.6 is 23.2 Å². The van der Waals surface area contributed by atoms with Crippen LogP contribution in [0.2, 0.25) is 10.0 Å². The summed E-state index contributed by atoms with van der Waals surface area (Å²) in [5, 5.41) is 13.6. The molecule has 0 radical (unpaired) electrons.